The first-order chi connectivity index (χ1) is 9.98. The van der Waals surface area contributed by atoms with Crippen LogP contribution in [0.3, 0.4) is 0 Å². The van der Waals surface area contributed by atoms with Crippen molar-refractivity contribution in [1.29, 1.82) is 0 Å². The third-order valence-electron chi connectivity index (χ3n) is 3.54. The van der Waals surface area contributed by atoms with E-state index in [0.717, 1.165) is 5.69 Å². The molecule has 21 heavy (non-hydrogen) atoms. The Bertz CT molecular complexity index is 605. The number of rotatable bonds is 9. The Kier molecular flexibility index (Phi) is 5.03. The first-order valence-corrected chi connectivity index (χ1v) is 8.53. The summed E-state index contributed by atoms with van der Waals surface area (Å²) in [5.41, 5.74) is 0.970. The zero-order valence-electron chi connectivity index (χ0n) is 12.5. The van der Waals surface area contributed by atoms with Gasteiger partial charge in [0.15, 0.2) is 0 Å². The number of hydrogen-bond donors (Lipinski definition) is 1. The van der Waals surface area contributed by atoms with Gasteiger partial charge in [-0.15, -0.1) is 13.2 Å². The quantitative estimate of drug-likeness (QED) is 0.706. The lowest BCUT2D eigenvalue weighted by atomic mass is 10.4. The van der Waals surface area contributed by atoms with Crippen LogP contribution in [-0.2, 0) is 23.6 Å². The molecule has 0 unspecified atom stereocenters. The van der Waals surface area contributed by atoms with E-state index < -0.39 is 10.0 Å². The van der Waals surface area contributed by atoms with E-state index >= 15 is 0 Å². The van der Waals surface area contributed by atoms with Crippen LogP contribution in [-0.4, -0.2) is 36.4 Å². The Hall–Kier alpha value is -1.37. The summed E-state index contributed by atoms with van der Waals surface area (Å²) < 4.78 is 28.5. The molecule has 0 atom stereocenters. The lowest BCUT2D eigenvalue weighted by Crippen LogP contribution is -2.31. The lowest BCUT2D eigenvalue weighted by molar-refractivity contribution is 0.474. The molecule has 1 heterocycles. The summed E-state index contributed by atoms with van der Waals surface area (Å²) in [6, 6.07) is 2.34. The molecule has 0 saturated heterocycles. The number of aryl methyl sites for hydroxylation is 1. The minimum Gasteiger partial charge on any atom is -0.352 e. The number of sulfonamides is 1. The molecule has 1 N–H and O–H groups in total. The van der Waals surface area contributed by atoms with Gasteiger partial charge >= 0.3 is 0 Å². The summed E-state index contributed by atoms with van der Waals surface area (Å²) in [6.45, 7) is 8.47. The summed E-state index contributed by atoms with van der Waals surface area (Å²) in [7, 11) is -1.64. The third-order valence-corrected chi connectivity index (χ3v) is 5.33. The van der Waals surface area contributed by atoms with Crippen LogP contribution in [0.2, 0.25) is 0 Å². The van der Waals surface area contributed by atoms with Crippen molar-refractivity contribution in [2.24, 2.45) is 7.05 Å². The molecule has 1 fully saturated rings. The van der Waals surface area contributed by atoms with Crippen LogP contribution in [0, 0.1) is 0 Å². The predicted octanol–water partition coefficient (Wildman–Crippen LogP) is 1.64. The maximum Gasteiger partial charge on any atom is 0.245 e. The van der Waals surface area contributed by atoms with E-state index in [2.05, 4.69) is 18.5 Å². The molecule has 1 aliphatic rings. The van der Waals surface area contributed by atoms with Crippen molar-refractivity contribution >= 4 is 10.0 Å². The summed E-state index contributed by atoms with van der Waals surface area (Å²) in [5.74, 6) is 0. The van der Waals surface area contributed by atoms with Gasteiger partial charge in [0.25, 0.3) is 0 Å². The molecule has 0 aromatic carbocycles. The number of nitrogens with zero attached hydrogens (tertiary/aromatic N) is 2. The van der Waals surface area contributed by atoms with E-state index in [9.17, 15) is 8.42 Å². The van der Waals surface area contributed by atoms with E-state index in [1.807, 2.05) is 11.6 Å². The zero-order valence-corrected chi connectivity index (χ0v) is 13.3. The SMILES string of the molecule is C=CCN(CC=C)S(=O)(=O)c1cc(CNC2CC2)n(C)c1. The van der Waals surface area contributed by atoms with Gasteiger partial charge in [0.2, 0.25) is 10.0 Å². The predicted molar refractivity (Wildman–Crippen MR) is 84.4 cm³/mol. The smallest absolute Gasteiger partial charge is 0.245 e. The maximum absolute atomic E-state index is 12.6. The Morgan fingerprint density at radius 2 is 2.00 bits per heavy atom. The van der Waals surface area contributed by atoms with Gasteiger partial charge in [-0.3, -0.25) is 0 Å². The van der Waals surface area contributed by atoms with Crippen molar-refractivity contribution in [3.05, 3.63) is 43.3 Å². The Morgan fingerprint density at radius 1 is 1.38 bits per heavy atom. The van der Waals surface area contributed by atoms with Gasteiger partial charge in [-0.25, -0.2) is 8.42 Å². The van der Waals surface area contributed by atoms with Crippen molar-refractivity contribution in [3.63, 3.8) is 0 Å². The first-order valence-electron chi connectivity index (χ1n) is 7.09. The van der Waals surface area contributed by atoms with Gasteiger partial charge in [-0.1, -0.05) is 12.2 Å². The first kappa shape index (κ1) is 16.0. The van der Waals surface area contributed by atoms with Gasteiger partial charge in [0, 0.05) is 44.6 Å². The molecular formula is C15H23N3O2S. The fraction of sp³-hybridized carbons (Fsp3) is 0.467. The van der Waals surface area contributed by atoms with Gasteiger partial charge in [-0.05, 0) is 18.9 Å². The topological polar surface area (TPSA) is 54.3 Å². The molecule has 1 saturated carbocycles. The van der Waals surface area contributed by atoms with E-state index in [4.69, 9.17) is 0 Å². The summed E-state index contributed by atoms with van der Waals surface area (Å²) in [6.07, 6.45) is 7.25. The molecule has 0 spiro atoms. The van der Waals surface area contributed by atoms with Crippen LogP contribution >= 0.6 is 0 Å². The molecule has 5 nitrogen and oxygen atoms in total. The van der Waals surface area contributed by atoms with Crippen LogP contribution in [0.1, 0.15) is 18.5 Å². The van der Waals surface area contributed by atoms with Crippen molar-refractivity contribution in [1.82, 2.24) is 14.2 Å². The van der Waals surface area contributed by atoms with Gasteiger partial charge in [-0.2, -0.15) is 4.31 Å². The van der Waals surface area contributed by atoms with E-state index in [0.29, 0.717) is 17.5 Å². The van der Waals surface area contributed by atoms with Crippen molar-refractivity contribution < 1.29 is 8.42 Å². The molecule has 1 aromatic rings. The molecule has 1 aromatic heterocycles. The molecule has 0 aliphatic heterocycles. The van der Waals surface area contributed by atoms with Crippen molar-refractivity contribution in [2.75, 3.05) is 13.1 Å². The second kappa shape index (κ2) is 6.60. The van der Waals surface area contributed by atoms with Crippen LogP contribution in [0.15, 0.2) is 42.5 Å². The third kappa shape index (κ3) is 3.84. The molecule has 6 heteroatoms. The standard InChI is InChI=1S/C15H23N3O2S/c1-4-8-18(9-5-2)21(19,20)15-10-14(17(3)12-15)11-16-13-6-7-13/h4-5,10,12-13,16H,1-2,6-9,11H2,3H3. The summed E-state index contributed by atoms with van der Waals surface area (Å²) in [4.78, 5) is 0.321. The molecule has 0 bridgehead atoms. The van der Waals surface area contributed by atoms with Crippen molar-refractivity contribution in [2.45, 2.75) is 30.3 Å². The fourth-order valence-corrected chi connectivity index (χ4v) is 3.62. The Labute approximate surface area is 127 Å². The van der Waals surface area contributed by atoms with Gasteiger partial charge < -0.3 is 9.88 Å². The van der Waals surface area contributed by atoms with Gasteiger partial charge in [0.05, 0.1) is 0 Å². The second-order valence-corrected chi connectivity index (χ2v) is 7.27. The Balaban J connectivity index is 2.19. The monoisotopic (exact) mass is 309 g/mol. The van der Waals surface area contributed by atoms with Crippen LogP contribution in [0.4, 0.5) is 0 Å². The highest BCUT2D eigenvalue weighted by atomic mass is 32.2. The molecular weight excluding hydrogens is 286 g/mol. The summed E-state index contributed by atoms with van der Waals surface area (Å²) >= 11 is 0. The molecule has 0 radical (unpaired) electrons. The number of aromatic nitrogens is 1. The maximum atomic E-state index is 12.6. The van der Waals surface area contributed by atoms with Crippen LogP contribution in [0.25, 0.3) is 0 Å². The lowest BCUT2D eigenvalue weighted by Gasteiger charge is -2.17. The largest absolute Gasteiger partial charge is 0.352 e. The number of hydrogen-bond acceptors (Lipinski definition) is 3. The highest BCUT2D eigenvalue weighted by Gasteiger charge is 2.25. The van der Waals surface area contributed by atoms with Crippen molar-refractivity contribution in [3.8, 4) is 0 Å². The van der Waals surface area contributed by atoms with Crippen LogP contribution < -0.4 is 5.32 Å². The summed E-state index contributed by atoms with van der Waals surface area (Å²) in [5, 5.41) is 3.40. The minimum absolute atomic E-state index is 0.277. The van der Waals surface area contributed by atoms with E-state index in [-0.39, 0.29) is 13.1 Å². The highest BCUT2D eigenvalue weighted by Crippen LogP contribution is 2.21. The molecule has 116 valence electrons. The zero-order chi connectivity index (χ0) is 15.5. The molecule has 2 rings (SSSR count). The minimum atomic E-state index is -3.51. The number of nitrogens with one attached hydrogen (secondary N) is 1. The average molecular weight is 309 g/mol. The highest BCUT2D eigenvalue weighted by molar-refractivity contribution is 7.89. The van der Waals surface area contributed by atoms with E-state index in [1.54, 1.807) is 24.4 Å². The average Bonchev–Trinajstić information content (AvgIpc) is 3.19. The normalized spacial score (nSPS) is 15.3. The van der Waals surface area contributed by atoms with Gasteiger partial charge in [0.1, 0.15) is 4.90 Å². The van der Waals surface area contributed by atoms with Crippen LogP contribution in [0.5, 0.6) is 0 Å². The molecule has 1 aliphatic carbocycles. The Morgan fingerprint density at radius 3 is 2.52 bits per heavy atom. The molecule has 0 amide bonds. The van der Waals surface area contributed by atoms with E-state index in [1.165, 1.54) is 17.1 Å². The fourth-order valence-electron chi connectivity index (χ4n) is 2.14. The second-order valence-electron chi connectivity index (χ2n) is 5.33.